The number of methoxy groups -OCH3 is 2. The van der Waals surface area contributed by atoms with Crippen LogP contribution < -0.4 is 9.47 Å². The van der Waals surface area contributed by atoms with Gasteiger partial charge in [0.2, 0.25) is 0 Å². The Hall–Kier alpha value is -3.16. The molecule has 0 saturated carbocycles. The Morgan fingerprint density at radius 1 is 0.909 bits per heavy atom. The van der Waals surface area contributed by atoms with E-state index in [1.165, 1.54) is 25.1 Å². The summed E-state index contributed by atoms with van der Waals surface area (Å²) >= 11 is 3.60. The number of fused-ring (bicyclic) bond motifs is 4. The van der Waals surface area contributed by atoms with Gasteiger partial charge in [-0.1, -0.05) is 47.8 Å². The second-order valence-corrected chi connectivity index (χ2v) is 10.1. The van der Waals surface area contributed by atoms with Gasteiger partial charge < -0.3 is 14.4 Å². The fourth-order valence-corrected chi connectivity index (χ4v) is 6.82. The van der Waals surface area contributed by atoms with Crippen LogP contribution in [0.1, 0.15) is 22.3 Å². The van der Waals surface area contributed by atoms with Crippen molar-refractivity contribution in [1.29, 1.82) is 0 Å². The number of hydrogen-bond acceptors (Lipinski definition) is 6. The molecule has 33 heavy (non-hydrogen) atoms. The molecule has 0 unspecified atom stereocenters. The number of aliphatic imine (C=N–C) groups is 1. The quantitative estimate of drug-likeness (QED) is 0.351. The average Bonchev–Trinajstić information content (AvgIpc) is 3.23. The van der Waals surface area contributed by atoms with E-state index in [0.29, 0.717) is 22.7 Å². The molecule has 0 aromatic heterocycles. The summed E-state index contributed by atoms with van der Waals surface area (Å²) in [5, 5.41) is 0. The fourth-order valence-electron chi connectivity index (χ4n) is 4.41. The highest BCUT2D eigenvalue weighted by molar-refractivity contribution is 8.05. The summed E-state index contributed by atoms with van der Waals surface area (Å²) in [7, 11) is 3.15. The van der Waals surface area contributed by atoms with Crippen LogP contribution >= 0.6 is 23.5 Å². The van der Waals surface area contributed by atoms with Crippen LogP contribution in [0, 0.1) is 0 Å². The first-order valence-corrected chi connectivity index (χ1v) is 12.2. The Balaban J connectivity index is 1.38. The van der Waals surface area contributed by atoms with E-state index in [0.717, 1.165) is 12.0 Å². The molecule has 3 aliphatic heterocycles. The topological polar surface area (TPSA) is 51.1 Å². The highest BCUT2D eigenvalue weighted by atomic mass is 32.2. The van der Waals surface area contributed by atoms with Crippen molar-refractivity contribution in [1.82, 2.24) is 4.90 Å². The summed E-state index contributed by atoms with van der Waals surface area (Å²) in [5.74, 6) is 0.997. The highest BCUT2D eigenvalue weighted by Crippen LogP contribution is 2.51. The summed E-state index contributed by atoms with van der Waals surface area (Å²) in [6.07, 6.45) is 4.58. The first-order valence-electron chi connectivity index (χ1n) is 10.6. The van der Waals surface area contributed by atoms with Crippen molar-refractivity contribution in [3.63, 3.8) is 0 Å². The van der Waals surface area contributed by atoms with E-state index in [4.69, 9.17) is 9.47 Å². The Morgan fingerprint density at radius 2 is 1.64 bits per heavy atom. The number of ether oxygens (including phenoxy) is 2. The van der Waals surface area contributed by atoms with E-state index in [2.05, 4.69) is 47.5 Å². The molecule has 0 bridgehead atoms. The molecule has 3 heterocycles. The van der Waals surface area contributed by atoms with Gasteiger partial charge in [0.05, 0.1) is 31.5 Å². The zero-order valence-corrected chi connectivity index (χ0v) is 19.7. The fraction of sp³-hybridized carbons (Fsp3) is 0.154. The van der Waals surface area contributed by atoms with Crippen LogP contribution in [0.15, 0.2) is 85.4 Å². The van der Waals surface area contributed by atoms with Crippen LogP contribution in [0.4, 0.5) is 5.69 Å². The molecule has 0 spiro atoms. The number of benzene rings is 3. The smallest absolute Gasteiger partial charge is 0.260 e. The van der Waals surface area contributed by atoms with Crippen molar-refractivity contribution >= 4 is 46.9 Å². The van der Waals surface area contributed by atoms with Gasteiger partial charge in [0.25, 0.3) is 5.91 Å². The van der Waals surface area contributed by atoms with E-state index in [1.54, 1.807) is 54.8 Å². The van der Waals surface area contributed by atoms with E-state index >= 15 is 0 Å². The molecular weight excluding hydrogens is 452 g/mol. The van der Waals surface area contributed by atoms with Crippen LogP contribution in [0.5, 0.6) is 11.5 Å². The van der Waals surface area contributed by atoms with Gasteiger partial charge in [-0.25, -0.2) is 0 Å². The minimum atomic E-state index is -0.124. The van der Waals surface area contributed by atoms with Crippen molar-refractivity contribution in [2.75, 3.05) is 14.2 Å². The number of amides is 1. The third kappa shape index (κ3) is 3.34. The molecule has 3 aliphatic rings. The number of carbonyl (C=O) groups is 1. The summed E-state index contributed by atoms with van der Waals surface area (Å²) in [5.41, 5.74) is 3.44. The Labute approximate surface area is 200 Å². The minimum Gasteiger partial charge on any atom is -0.493 e. The second-order valence-electron chi connectivity index (χ2n) is 7.92. The maximum absolute atomic E-state index is 13.5. The zero-order valence-electron chi connectivity index (χ0n) is 18.1. The molecule has 0 saturated heterocycles. The van der Waals surface area contributed by atoms with Gasteiger partial charge in [-0.2, -0.15) is 0 Å². The van der Waals surface area contributed by atoms with Gasteiger partial charge in [0, 0.05) is 44.5 Å². The number of nitrogens with zero attached hydrogens (tertiary/aromatic N) is 2. The Morgan fingerprint density at radius 3 is 2.42 bits per heavy atom. The zero-order chi connectivity index (χ0) is 22.5. The molecule has 3 aromatic rings. The Kier molecular flexibility index (Phi) is 4.96. The van der Waals surface area contributed by atoms with Gasteiger partial charge in [-0.3, -0.25) is 9.79 Å². The SMILES string of the molecule is COc1cc2c(cc1OC)C(=O)N1C=C(c3cccc4c3Sc3ccccc3S4)C[C@H]1C=N2. The van der Waals surface area contributed by atoms with Gasteiger partial charge in [-0.05, 0) is 35.4 Å². The van der Waals surface area contributed by atoms with E-state index < -0.39 is 0 Å². The van der Waals surface area contributed by atoms with Crippen LogP contribution in [0.2, 0.25) is 0 Å². The highest BCUT2D eigenvalue weighted by Gasteiger charge is 2.34. The monoisotopic (exact) mass is 472 g/mol. The molecule has 6 rings (SSSR count). The summed E-state index contributed by atoms with van der Waals surface area (Å²) in [4.78, 5) is 25.0. The summed E-state index contributed by atoms with van der Waals surface area (Å²) < 4.78 is 10.8. The maximum Gasteiger partial charge on any atom is 0.260 e. The molecule has 0 N–H and O–H groups in total. The summed E-state index contributed by atoms with van der Waals surface area (Å²) in [6, 6.07) is 18.3. The Bertz CT molecular complexity index is 1370. The second kappa shape index (κ2) is 8.01. The van der Waals surface area contributed by atoms with Crippen molar-refractivity contribution in [2.24, 2.45) is 4.99 Å². The molecular formula is C26H20N2O3S2. The molecule has 1 amide bonds. The lowest BCUT2D eigenvalue weighted by molar-refractivity contribution is 0.0817. The molecule has 0 radical (unpaired) electrons. The lowest BCUT2D eigenvalue weighted by atomic mass is 10.0. The molecule has 1 atom stereocenters. The average molecular weight is 473 g/mol. The van der Waals surface area contributed by atoms with Gasteiger partial charge in [0.15, 0.2) is 11.5 Å². The van der Waals surface area contributed by atoms with Crippen LogP contribution in [0.3, 0.4) is 0 Å². The van der Waals surface area contributed by atoms with Gasteiger partial charge >= 0.3 is 0 Å². The van der Waals surface area contributed by atoms with E-state index in [9.17, 15) is 4.79 Å². The third-order valence-electron chi connectivity index (χ3n) is 6.04. The molecule has 3 aromatic carbocycles. The predicted octanol–water partition coefficient (Wildman–Crippen LogP) is 6.29. The van der Waals surface area contributed by atoms with E-state index in [-0.39, 0.29) is 11.9 Å². The first-order chi connectivity index (χ1) is 16.2. The van der Waals surface area contributed by atoms with Gasteiger partial charge in [0.1, 0.15) is 0 Å². The molecule has 0 fully saturated rings. The third-order valence-corrected chi connectivity index (χ3v) is 8.65. The molecule has 0 aliphatic carbocycles. The first kappa shape index (κ1) is 20.4. The van der Waals surface area contributed by atoms with E-state index in [1.807, 2.05) is 12.4 Å². The largest absolute Gasteiger partial charge is 0.493 e. The normalized spacial score (nSPS) is 18.0. The lowest BCUT2D eigenvalue weighted by Gasteiger charge is -2.21. The molecule has 164 valence electrons. The van der Waals surface area contributed by atoms with Gasteiger partial charge in [-0.15, -0.1) is 0 Å². The van der Waals surface area contributed by atoms with Crippen molar-refractivity contribution in [3.05, 3.63) is 71.9 Å². The minimum absolute atomic E-state index is 0.0828. The molecule has 5 nitrogen and oxygen atoms in total. The standard InChI is InChI=1S/C26H20N2O3S2/c1-30-20-11-18-19(12-21(20)31-2)27-13-16-10-15(14-28(16)26(18)29)17-6-5-9-24-25(17)33-23-8-4-3-7-22(23)32-24/h3-9,11-14,16H,10H2,1-2H3/t16-/m0/s1. The number of carbonyl (C=O) groups excluding carboxylic acids is 1. The van der Waals surface area contributed by atoms with Crippen molar-refractivity contribution in [3.8, 4) is 11.5 Å². The maximum atomic E-state index is 13.5. The molecule has 7 heteroatoms. The van der Waals surface area contributed by atoms with Crippen molar-refractivity contribution in [2.45, 2.75) is 32.0 Å². The van der Waals surface area contributed by atoms with Crippen LogP contribution in [-0.2, 0) is 0 Å². The van der Waals surface area contributed by atoms with Crippen molar-refractivity contribution < 1.29 is 14.3 Å². The lowest BCUT2D eigenvalue weighted by Crippen LogP contribution is -2.32. The van der Waals surface area contributed by atoms with Crippen LogP contribution in [0.25, 0.3) is 5.57 Å². The summed E-state index contributed by atoms with van der Waals surface area (Å²) in [6.45, 7) is 0. The number of rotatable bonds is 3. The number of hydrogen-bond donors (Lipinski definition) is 0. The van der Waals surface area contributed by atoms with Crippen LogP contribution in [-0.4, -0.2) is 37.3 Å². The predicted molar refractivity (Wildman–Crippen MR) is 131 cm³/mol.